The number of carbonyl (C=O) groups excluding carboxylic acids is 3. The van der Waals surface area contributed by atoms with Crippen LogP contribution in [0.2, 0.25) is 0 Å². The third-order valence-electron chi connectivity index (χ3n) is 15.0. The summed E-state index contributed by atoms with van der Waals surface area (Å²) in [5.74, 6) is 3.71. The number of hydrogen-bond acceptors (Lipinski definition) is 9. The molecule has 9 heteroatoms. The smallest absolute Gasteiger partial charge is 0.307 e. The molecule has 0 aliphatic heterocycles. The number of hydrogen-bond donors (Lipinski definition) is 0. The molecule has 0 radical (unpaired) electrons. The molecule has 0 spiro atoms. The van der Waals surface area contributed by atoms with Gasteiger partial charge in [0, 0.05) is 29.1 Å². The highest BCUT2D eigenvalue weighted by atomic mass is 16.5. The van der Waals surface area contributed by atoms with Gasteiger partial charge in [0.2, 0.25) is 5.89 Å². The average Bonchev–Trinajstić information content (AvgIpc) is 3.67. The summed E-state index contributed by atoms with van der Waals surface area (Å²) >= 11 is 0. The van der Waals surface area contributed by atoms with Crippen LogP contribution in [-0.4, -0.2) is 46.4 Å². The molecule has 9 nitrogen and oxygen atoms in total. The number of rotatable bonds is 9. The number of carbonyl (C=O) groups is 3. The highest BCUT2D eigenvalue weighted by Crippen LogP contribution is 2.73. The fourth-order valence-corrected chi connectivity index (χ4v) is 12.8. The molecule has 0 amide bonds. The van der Waals surface area contributed by atoms with Gasteiger partial charge in [-0.25, -0.2) is 4.98 Å². The quantitative estimate of drug-likeness (QED) is 0.185. The fourth-order valence-electron chi connectivity index (χ4n) is 12.8. The summed E-state index contributed by atoms with van der Waals surface area (Å²) in [5.41, 5.74) is 2.20. The maximum Gasteiger partial charge on any atom is 0.307 e. The highest BCUT2D eigenvalue weighted by Gasteiger charge is 2.66. The maximum absolute atomic E-state index is 14.0. The zero-order chi connectivity index (χ0) is 37.4. The molecule has 0 N–H and O–H groups in total. The predicted molar refractivity (Wildman–Crippen MR) is 197 cm³/mol. The largest absolute Gasteiger partial charge is 0.495 e. The van der Waals surface area contributed by atoms with Crippen molar-refractivity contribution in [3.8, 4) is 17.3 Å². The molecule has 5 aliphatic carbocycles. The number of aromatic nitrogens is 3. The number of Topliss-reactive ketones (excluding diaryl/α,β-unsaturated/α-hetero) is 1. The highest BCUT2D eigenvalue weighted by molar-refractivity contribution is 6.00. The Kier molecular flexibility index (Phi) is 9.17. The van der Waals surface area contributed by atoms with Crippen LogP contribution in [0.25, 0.3) is 11.6 Å². The molecule has 4 saturated carbocycles. The molecule has 0 saturated heterocycles. The van der Waals surface area contributed by atoms with Gasteiger partial charge in [-0.3, -0.25) is 9.59 Å². The Labute approximate surface area is 309 Å². The molecule has 5 aliphatic rings. The van der Waals surface area contributed by atoms with E-state index in [1.165, 1.54) is 5.57 Å². The van der Waals surface area contributed by atoms with Gasteiger partial charge in [0.05, 0.1) is 19.7 Å². The lowest BCUT2D eigenvalue weighted by molar-refractivity contribution is -0.213. The van der Waals surface area contributed by atoms with E-state index in [0.717, 1.165) is 63.2 Å². The summed E-state index contributed by atoms with van der Waals surface area (Å²) in [6.45, 7) is 17.7. The maximum atomic E-state index is 14.0. The Balaban J connectivity index is 1.15. The molecule has 8 unspecified atom stereocenters. The van der Waals surface area contributed by atoms with Crippen molar-refractivity contribution in [2.24, 2.45) is 56.7 Å². The minimum Gasteiger partial charge on any atom is -0.495 e. The van der Waals surface area contributed by atoms with Crippen LogP contribution in [-0.2, 0) is 25.5 Å². The van der Waals surface area contributed by atoms with Crippen molar-refractivity contribution in [3.63, 3.8) is 0 Å². The summed E-state index contributed by atoms with van der Waals surface area (Å²) in [5, 5.41) is 8.88. The summed E-state index contributed by atoms with van der Waals surface area (Å²) in [6.07, 6.45) is 12.0. The van der Waals surface area contributed by atoms with Crippen molar-refractivity contribution in [3.05, 3.63) is 35.4 Å². The predicted octanol–water partition coefficient (Wildman–Crippen LogP) is 8.80. The number of aldehydes is 1. The van der Waals surface area contributed by atoms with E-state index in [1.54, 1.807) is 27.2 Å². The van der Waals surface area contributed by atoms with Crippen LogP contribution >= 0.6 is 0 Å². The van der Waals surface area contributed by atoms with Crippen LogP contribution in [0.4, 0.5) is 0 Å². The number of nitrogens with zero attached hydrogens (tertiary/aromatic N) is 3. The fraction of sp³-hybridized carbons (Fsp3) is 0.721. The second kappa shape index (κ2) is 12.9. The zero-order valence-corrected chi connectivity index (χ0v) is 32.8. The summed E-state index contributed by atoms with van der Waals surface area (Å²) in [4.78, 5) is 43.0. The molecule has 2 heterocycles. The number of ether oxygens (including phenoxy) is 2. The van der Waals surface area contributed by atoms with Gasteiger partial charge >= 0.3 is 5.97 Å². The molecule has 7 rings (SSSR count). The van der Waals surface area contributed by atoms with Gasteiger partial charge in [0.15, 0.2) is 5.78 Å². The van der Waals surface area contributed by atoms with Gasteiger partial charge in [-0.2, -0.15) is 0 Å². The van der Waals surface area contributed by atoms with E-state index in [1.807, 2.05) is 12.1 Å². The minimum absolute atomic E-state index is 0.112. The first-order valence-electron chi connectivity index (χ1n) is 19.7. The Morgan fingerprint density at radius 2 is 1.75 bits per heavy atom. The first kappa shape index (κ1) is 37.0. The summed E-state index contributed by atoms with van der Waals surface area (Å²) in [7, 11) is 1.61. The molecule has 52 heavy (non-hydrogen) atoms. The van der Waals surface area contributed by atoms with Crippen LogP contribution < -0.4 is 4.74 Å². The number of ketones is 1. The lowest BCUT2D eigenvalue weighted by Crippen LogP contribution is -2.63. The SMILES string of the molecule is COc1ccc(-c2nnc(CC34CCC5C(CCC6C5(C)CCC5C(C)(C)C(OC(=O)CC(C)(C)C=O)CCC56C)C3=C(C(C)C)C(=O)C4)o2)nc1. The monoisotopic (exact) mass is 713 g/mol. The van der Waals surface area contributed by atoms with Gasteiger partial charge in [-0.1, -0.05) is 61.0 Å². The van der Waals surface area contributed by atoms with Crippen molar-refractivity contribution in [2.75, 3.05) is 7.11 Å². The van der Waals surface area contributed by atoms with Crippen LogP contribution in [0.15, 0.2) is 33.9 Å². The van der Waals surface area contributed by atoms with Gasteiger partial charge in [-0.05, 0) is 109 Å². The van der Waals surface area contributed by atoms with E-state index >= 15 is 0 Å². The normalized spacial score (nSPS) is 35.3. The molecule has 8 atom stereocenters. The Morgan fingerprint density at radius 3 is 2.42 bits per heavy atom. The van der Waals surface area contributed by atoms with Crippen LogP contribution in [0.3, 0.4) is 0 Å². The topological polar surface area (TPSA) is 121 Å². The molecule has 2 aromatic heterocycles. The zero-order valence-electron chi connectivity index (χ0n) is 32.8. The third-order valence-corrected chi connectivity index (χ3v) is 15.0. The van der Waals surface area contributed by atoms with E-state index in [-0.39, 0.29) is 46.1 Å². The lowest BCUT2D eigenvalue weighted by Gasteiger charge is -2.68. The number of esters is 1. The second-order valence-electron chi connectivity index (χ2n) is 19.2. The van der Waals surface area contributed by atoms with Gasteiger partial charge in [-0.15, -0.1) is 10.2 Å². The van der Waals surface area contributed by atoms with Crippen LogP contribution in [0.5, 0.6) is 5.75 Å². The van der Waals surface area contributed by atoms with Crippen molar-refractivity contribution in [1.29, 1.82) is 0 Å². The standard InChI is InChI=1S/C43H59N3O6/c1-25(2)36-30(48)20-43(21-34-45-46-38(52-34)29-12-10-26(50-9)23-44-29)19-14-28-27(37(36)43)11-13-32-41(28,7)17-15-31-40(5,6)33(16-18-42(31,32)8)51-35(49)22-39(3,4)24-47/h10,12,23-25,27-28,31-33H,11,13-22H2,1-9H3. The summed E-state index contributed by atoms with van der Waals surface area (Å²) < 4.78 is 17.7. The number of methoxy groups -OCH3 is 1. The molecule has 0 bridgehead atoms. The van der Waals surface area contributed by atoms with Crippen LogP contribution in [0, 0.1) is 56.7 Å². The van der Waals surface area contributed by atoms with Crippen molar-refractivity contribution in [2.45, 2.75) is 132 Å². The molecular formula is C43H59N3O6. The molecule has 4 fully saturated rings. The van der Waals surface area contributed by atoms with E-state index in [4.69, 9.17) is 13.9 Å². The van der Waals surface area contributed by atoms with E-state index in [2.05, 4.69) is 56.7 Å². The molecular weight excluding hydrogens is 654 g/mol. The van der Waals surface area contributed by atoms with E-state index in [9.17, 15) is 14.4 Å². The summed E-state index contributed by atoms with van der Waals surface area (Å²) in [6, 6.07) is 3.66. The number of pyridine rings is 1. The Morgan fingerprint density at radius 1 is 1.00 bits per heavy atom. The van der Waals surface area contributed by atoms with E-state index in [0.29, 0.717) is 65.5 Å². The second-order valence-corrected chi connectivity index (χ2v) is 19.2. The van der Waals surface area contributed by atoms with Crippen molar-refractivity contribution >= 4 is 18.0 Å². The van der Waals surface area contributed by atoms with Crippen molar-refractivity contribution < 1.29 is 28.3 Å². The molecule has 0 aromatic carbocycles. The molecule has 282 valence electrons. The van der Waals surface area contributed by atoms with Gasteiger partial charge < -0.3 is 18.7 Å². The van der Waals surface area contributed by atoms with Gasteiger partial charge in [0.1, 0.15) is 23.8 Å². The van der Waals surface area contributed by atoms with E-state index < -0.39 is 5.41 Å². The minimum atomic E-state index is -0.717. The number of fused-ring (bicyclic) bond motifs is 7. The molecule has 2 aromatic rings. The third kappa shape index (κ3) is 5.87. The van der Waals surface area contributed by atoms with Crippen LogP contribution in [0.1, 0.15) is 125 Å². The Bertz CT molecular complexity index is 1760. The first-order chi connectivity index (χ1) is 24.5. The first-order valence-corrected chi connectivity index (χ1v) is 19.7. The Hall–Kier alpha value is -3.36. The van der Waals surface area contributed by atoms with Gasteiger partial charge in [0.25, 0.3) is 5.89 Å². The lowest BCUT2D eigenvalue weighted by atomic mass is 9.36. The average molecular weight is 714 g/mol. The number of allylic oxidation sites excluding steroid dienone is 2. The van der Waals surface area contributed by atoms with Crippen molar-refractivity contribution in [1.82, 2.24) is 15.2 Å².